The predicted molar refractivity (Wildman–Crippen MR) is 78.9 cm³/mol. The van der Waals surface area contributed by atoms with Crippen molar-refractivity contribution >= 4 is 5.91 Å². The summed E-state index contributed by atoms with van der Waals surface area (Å²) in [4.78, 5) is 12.2. The molecule has 0 aliphatic carbocycles. The number of benzene rings is 1. The summed E-state index contributed by atoms with van der Waals surface area (Å²) in [6.07, 6.45) is 0.927. The summed E-state index contributed by atoms with van der Waals surface area (Å²) in [7, 11) is 0. The lowest BCUT2D eigenvalue weighted by Crippen LogP contribution is -2.30. The first kappa shape index (κ1) is 15.3. The van der Waals surface area contributed by atoms with Crippen LogP contribution >= 0.6 is 0 Å². The van der Waals surface area contributed by atoms with Crippen LogP contribution in [0.2, 0.25) is 0 Å². The van der Waals surface area contributed by atoms with Crippen LogP contribution in [0.15, 0.2) is 40.9 Å². The molecule has 1 amide bonds. The molecule has 0 aliphatic heterocycles. The van der Waals surface area contributed by atoms with Gasteiger partial charge in [0.25, 0.3) is 5.91 Å². The van der Waals surface area contributed by atoms with Gasteiger partial charge in [0.05, 0.1) is 18.3 Å². The van der Waals surface area contributed by atoms with E-state index in [-0.39, 0.29) is 24.2 Å². The van der Waals surface area contributed by atoms with E-state index < -0.39 is 6.04 Å². The maximum Gasteiger partial charge on any atom is 0.290 e. The summed E-state index contributed by atoms with van der Waals surface area (Å²) >= 11 is 0. The van der Waals surface area contributed by atoms with E-state index in [0.717, 1.165) is 17.7 Å². The van der Waals surface area contributed by atoms with E-state index in [9.17, 15) is 9.90 Å². The van der Waals surface area contributed by atoms with Crippen LogP contribution in [0.1, 0.15) is 54.0 Å². The van der Waals surface area contributed by atoms with Gasteiger partial charge in [0.15, 0.2) is 0 Å². The Balaban J connectivity index is 2.08. The lowest BCUT2D eigenvalue weighted by atomic mass is 10.1. The third-order valence-electron chi connectivity index (χ3n) is 3.56. The van der Waals surface area contributed by atoms with Gasteiger partial charge < -0.3 is 14.9 Å². The van der Waals surface area contributed by atoms with Gasteiger partial charge in [0, 0.05) is 12.0 Å². The lowest BCUT2D eigenvalue weighted by Gasteiger charge is -2.15. The zero-order valence-electron chi connectivity index (χ0n) is 12.2. The Morgan fingerprint density at radius 1 is 1.38 bits per heavy atom. The number of carbonyl (C=O) groups excluding carboxylic acids is 1. The van der Waals surface area contributed by atoms with Gasteiger partial charge in [-0.3, -0.25) is 4.79 Å². The van der Waals surface area contributed by atoms with Gasteiger partial charge in [-0.15, -0.1) is 0 Å². The molecule has 0 spiro atoms. The molecule has 0 saturated heterocycles. The normalized spacial score (nSPS) is 13.7. The molecule has 1 unspecified atom stereocenters. The third-order valence-corrected chi connectivity index (χ3v) is 3.56. The highest BCUT2D eigenvalue weighted by Gasteiger charge is 2.19. The highest BCUT2D eigenvalue weighted by molar-refractivity contribution is 5.91. The molecular weight excluding hydrogens is 268 g/mol. The van der Waals surface area contributed by atoms with E-state index in [1.54, 1.807) is 6.07 Å². The Morgan fingerprint density at radius 3 is 2.71 bits per heavy atom. The highest BCUT2D eigenvalue weighted by Crippen LogP contribution is 2.19. The molecule has 0 radical (unpaired) electrons. The fourth-order valence-corrected chi connectivity index (χ4v) is 1.99. The van der Waals surface area contributed by atoms with Crippen molar-refractivity contribution < 1.29 is 14.4 Å². The molecule has 1 heterocycles. The standard InChI is InChI=1S/C16H20N2O3/c1-3-11(2)13-9-15(21-18-13)16(20)17-14(10-19)12-7-5-4-6-8-12/h4-9,11,14,19H,3,10H2,1-2H3,(H,17,20)/t11?,14-/m1/s1. The van der Waals surface area contributed by atoms with Gasteiger partial charge in [-0.2, -0.15) is 0 Å². The van der Waals surface area contributed by atoms with Crippen molar-refractivity contribution in [2.75, 3.05) is 6.61 Å². The van der Waals surface area contributed by atoms with E-state index in [1.807, 2.05) is 37.3 Å². The van der Waals surface area contributed by atoms with Crippen LogP contribution in [-0.2, 0) is 0 Å². The van der Waals surface area contributed by atoms with Crippen molar-refractivity contribution in [3.63, 3.8) is 0 Å². The Hall–Kier alpha value is -2.14. The Labute approximate surface area is 124 Å². The fraction of sp³-hybridized carbons (Fsp3) is 0.375. The SMILES string of the molecule is CCC(C)c1cc(C(=O)N[C@H](CO)c2ccccc2)on1. The molecule has 5 heteroatoms. The smallest absolute Gasteiger partial charge is 0.290 e. The number of hydrogen-bond acceptors (Lipinski definition) is 4. The Kier molecular flexibility index (Phi) is 5.11. The second-order valence-electron chi connectivity index (χ2n) is 5.04. The number of carbonyl (C=O) groups is 1. The van der Waals surface area contributed by atoms with Crippen LogP contribution in [0.3, 0.4) is 0 Å². The average molecular weight is 288 g/mol. The van der Waals surface area contributed by atoms with E-state index in [4.69, 9.17) is 4.52 Å². The van der Waals surface area contributed by atoms with Crippen LogP contribution in [0.25, 0.3) is 0 Å². The number of nitrogens with zero attached hydrogens (tertiary/aromatic N) is 1. The van der Waals surface area contributed by atoms with Gasteiger partial charge in [-0.05, 0) is 12.0 Å². The van der Waals surface area contributed by atoms with Crippen molar-refractivity contribution in [1.82, 2.24) is 10.5 Å². The van der Waals surface area contributed by atoms with Crippen LogP contribution < -0.4 is 5.32 Å². The average Bonchev–Trinajstić information content (AvgIpc) is 3.02. The first-order valence-electron chi connectivity index (χ1n) is 7.09. The summed E-state index contributed by atoms with van der Waals surface area (Å²) in [6, 6.07) is 10.5. The first-order chi connectivity index (χ1) is 10.2. The number of nitrogens with one attached hydrogen (secondary N) is 1. The summed E-state index contributed by atoms with van der Waals surface area (Å²) < 4.78 is 5.09. The van der Waals surface area contributed by atoms with Gasteiger partial charge >= 0.3 is 0 Å². The fourth-order valence-electron chi connectivity index (χ4n) is 1.99. The molecule has 2 rings (SSSR count). The number of hydrogen-bond donors (Lipinski definition) is 2. The molecule has 1 aromatic heterocycles. The monoisotopic (exact) mass is 288 g/mol. The van der Waals surface area contributed by atoms with Crippen molar-refractivity contribution in [3.05, 3.63) is 53.4 Å². The van der Waals surface area contributed by atoms with Gasteiger partial charge in [-0.1, -0.05) is 49.3 Å². The first-order valence-corrected chi connectivity index (χ1v) is 7.09. The minimum Gasteiger partial charge on any atom is -0.394 e. The van der Waals surface area contributed by atoms with Gasteiger partial charge in [-0.25, -0.2) is 0 Å². The maximum atomic E-state index is 12.2. The second kappa shape index (κ2) is 7.04. The molecule has 2 N–H and O–H groups in total. The van der Waals surface area contributed by atoms with Gasteiger partial charge in [0.1, 0.15) is 0 Å². The summed E-state index contributed by atoms with van der Waals surface area (Å²) in [5.41, 5.74) is 1.61. The van der Waals surface area contributed by atoms with Crippen LogP contribution in [0.5, 0.6) is 0 Å². The number of aliphatic hydroxyl groups excluding tert-OH is 1. The van der Waals surface area contributed by atoms with Crippen LogP contribution in [0, 0.1) is 0 Å². The van der Waals surface area contributed by atoms with Crippen molar-refractivity contribution in [2.45, 2.75) is 32.2 Å². The molecule has 2 aromatic rings. The summed E-state index contributed by atoms with van der Waals surface area (Å²) in [5, 5.41) is 16.1. The number of rotatable bonds is 6. The summed E-state index contributed by atoms with van der Waals surface area (Å²) in [6.45, 7) is 3.90. The number of aliphatic hydroxyl groups is 1. The molecule has 5 nitrogen and oxygen atoms in total. The molecule has 2 atom stereocenters. The van der Waals surface area contributed by atoms with E-state index in [2.05, 4.69) is 17.4 Å². The van der Waals surface area contributed by atoms with Crippen molar-refractivity contribution in [1.29, 1.82) is 0 Å². The van der Waals surface area contributed by atoms with Gasteiger partial charge in [0.2, 0.25) is 5.76 Å². The molecule has 0 aliphatic rings. The lowest BCUT2D eigenvalue weighted by molar-refractivity contribution is 0.0879. The molecule has 0 saturated carbocycles. The van der Waals surface area contributed by atoms with E-state index in [0.29, 0.717) is 0 Å². The molecule has 0 fully saturated rings. The van der Waals surface area contributed by atoms with E-state index >= 15 is 0 Å². The highest BCUT2D eigenvalue weighted by atomic mass is 16.5. The largest absolute Gasteiger partial charge is 0.394 e. The van der Waals surface area contributed by atoms with Crippen LogP contribution in [-0.4, -0.2) is 22.8 Å². The molecule has 1 aromatic carbocycles. The molecular formula is C16H20N2O3. The predicted octanol–water partition coefficient (Wildman–Crippen LogP) is 2.65. The Bertz CT molecular complexity index is 580. The van der Waals surface area contributed by atoms with Crippen LogP contribution in [0.4, 0.5) is 0 Å². The quantitative estimate of drug-likeness (QED) is 0.857. The second-order valence-corrected chi connectivity index (χ2v) is 5.04. The minimum absolute atomic E-state index is 0.166. The minimum atomic E-state index is -0.462. The number of aromatic nitrogens is 1. The maximum absolute atomic E-state index is 12.2. The number of amides is 1. The van der Waals surface area contributed by atoms with Crippen molar-refractivity contribution in [2.24, 2.45) is 0 Å². The zero-order valence-corrected chi connectivity index (χ0v) is 12.2. The van der Waals surface area contributed by atoms with Crippen molar-refractivity contribution in [3.8, 4) is 0 Å². The third kappa shape index (κ3) is 3.70. The molecule has 21 heavy (non-hydrogen) atoms. The molecule has 0 bridgehead atoms. The topological polar surface area (TPSA) is 75.4 Å². The van der Waals surface area contributed by atoms with E-state index in [1.165, 1.54) is 0 Å². The summed E-state index contributed by atoms with van der Waals surface area (Å²) in [5.74, 6) is 0.0395. The zero-order chi connectivity index (χ0) is 15.2. The molecule has 112 valence electrons. The Morgan fingerprint density at radius 2 is 2.10 bits per heavy atom.